The molecular formula is C17H24O2. The fourth-order valence-electron chi connectivity index (χ4n) is 3.23. The van der Waals surface area contributed by atoms with Crippen molar-refractivity contribution < 1.29 is 9.59 Å². The number of carbonyl (C=O) groups excluding carboxylic acids is 2. The maximum absolute atomic E-state index is 11.9. The summed E-state index contributed by atoms with van der Waals surface area (Å²) in [6.45, 7) is 3.85. The van der Waals surface area contributed by atoms with Crippen LogP contribution in [0.2, 0.25) is 0 Å². The minimum Gasteiger partial charge on any atom is -0.300 e. The Bertz CT molecular complexity index is 440. The first-order chi connectivity index (χ1) is 9.11. The highest BCUT2D eigenvalue weighted by molar-refractivity contribution is 5.95. The van der Waals surface area contributed by atoms with Gasteiger partial charge in [0.25, 0.3) is 0 Å². The number of hydrogen-bond donors (Lipinski definition) is 0. The van der Waals surface area contributed by atoms with E-state index in [2.05, 4.69) is 13.0 Å². The van der Waals surface area contributed by atoms with E-state index in [9.17, 15) is 9.59 Å². The summed E-state index contributed by atoms with van der Waals surface area (Å²) in [4.78, 5) is 23.7. The highest BCUT2D eigenvalue weighted by atomic mass is 16.1. The zero-order valence-corrected chi connectivity index (χ0v) is 12.1. The SMILES string of the molecule is CCCC/C1=C/C2=C(C(C)=O)CC[C@@H]2CC(=O)CC1. The molecule has 0 saturated carbocycles. The summed E-state index contributed by atoms with van der Waals surface area (Å²) in [5.41, 5.74) is 3.54. The monoisotopic (exact) mass is 260 g/mol. The van der Waals surface area contributed by atoms with E-state index in [1.807, 2.05) is 0 Å². The molecule has 2 aliphatic carbocycles. The Hall–Kier alpha value is -1.18. The van der Waals surface area contributed by atoms with Crippen molar-refractivity contribution in [2.45, 2.75) is 65.2 Å². The van der Waals surface area contributed by atoms with Crippen LogP contribution in [0.3, 0.4) is 0 Å². The van der Waals surface area contributed by atoms with Crippen molar-refractivity contribution >= 4 is 11.6 Å². The van der Waals surface area contributed by atoms with Crippen molar-refractivity contribution in [1.29, 1.82) is 0 Å². The van der Waals surface area contributed by atoms with Gasteiger partial charge < -0.3 is 0 Å². The summed E-state index contributed by atoms with van der Waals surface area (Å²) in [5.74, 6) is 0.870. The number of allylic oxidation sites excluding steroid dienone is 4. The van der Waals surface area contributed by atoms with Crippen molar-refractivity contribution in [1.82, 2.24) is 0 Å². The second kappa shape index (κ2) is 6.31. The Balaban J connectivity index is 2.31. The molecule has 2 rings (SSSR count). The molecule has 0 radical (unpaired) electrons. The Morgan fingerprint density at radius 3 is 2.79 bits per heavy atom. The third-order valence-corrected chi connectivity index (χ3v) is 4.37. The highest BCUT2D eigenvalue weighted by Crippen LogP contribution is 2.38. The number of Topliss-reactive ketones (excluding diaryl/α,β-unsaturated/α-hetero) is 2. The van der Waals surface area contributed by atoms with Crippen molar-refractivity contribution in [3.05, 3.63) is 22.8 Å². The van der Waals surface area contributed by atoms with Crippen LogP contribution >= 0.6 is 0 Å². The van der Waals surface area contributed by atoms with Crippen LogP contribution in [-0.4, -0.2) is 11.6 Å². The minimum absolute atomic E-state index is 0.191. The molecule has 2 heteroatoms. The molecule has 104 valence electrons. The Morgan fingerprint density at radius 2 is 2.11 bits per heavy atom. The van der Waals surface area contributed by atoms with Crippen LogP contribution in [0.4, 0.5) is 0 Å². The largest absolute Gasteiger partial charge is 0.300 e. The fourth-order valence-corrected chi connectivity index (χ4v) is 3.23. The molecule has 0 amide bonds. The van der Waals surface area contributed by atoms with Crippen LogP contribution in [0.15, 0.2) is 22.8 Å². The molecule has 0 N–H and O–H groups in total. The van der Waals surface area contributed by atoms with Gasteiger partial charge >= 0.3 is 0 Å². The van der Waals surface area contributed by atoms with Gasteiger partial charge in [-0.15, -0.1) is 0 Å². The van der Waals surface area contributed by atoms with Crippen LogP contribution in [-0.2, 0) is 9.59 Å². The fraction of sp³-hybridized carbons (Fsp3) is 0.647. The van der Waals surface area contributed by atoms with E-state index in [0.29, 0.717) is 24.5 Å². The summed E-state index contributed by atoms with van der Waals surface area (Å²) >= 11 is 0. The van der Waals surface area contributed by atoms with Crippen LogP contribution in [0.25, 0.3) is 0 Å². The first-order valence-electron chi connectivity index (χ1n) is 7.57. The predicted octanol–water partition coefficient (Wildman–Crippen LogP) is 4.15. The van der Waals surface area contributed by atoms with Gasteiger partial charge in [-0.05, 0) is 56.1 Å². The van der Waals surface area contributed by atoms with Gasteiger partial charge in [-0.2, -0.15) is 0 Å². The number of fused-ring (bicyclic) bond motifs is 1. The summed E-state index contributed by atoms with van der Waals surface area (Å²) in [5, 5.41) is 0. The lowest BCUT2D eigenvalue weighted by atomic mass is 9.86. The van der Waals surface area contributed by atoms with Crippen LogP contribution in [0.5, 0.6) is 0 Å². The Morgan fingerprint density at radius 1 is 1.32 bits per heavy atom. The molecule has 0 aromatic heterocycles. The summed E-state index contributed by atoms with van der Waals surface area (Å²) in [6.07, 6.45) is 9.74. The maximum Gasteiger partial charge on any atom is 0.156 e. The number of unbranched alkanes of at least 4 members (excludes halogenated alkanes) is 1. The zero-order chi connectivity index (χ0) is 13.8. The first-order valence-corrected chi connectivity index (χ1v) is 7.57. The molecule has 0 saturated heterocycles. The molecule has 0 aliphatic heterocycles. The molecule has 1 atom stereocenters. The molecule has 0 fully saturated rings. The minimum atomic E-state index is 0.191. The third-order valence-electron chi connectivity index (χ3n) is 4.37. The standard InChI is InChI=1S/C17H24O2/c1-3-4-5-13-6-8-15(19)11-14-7-9-16(12(2)18)17(14)10-13/h10,14H,3-9,11H2,1-2H3/b13-10-/t14-/m1/s1. The van der Waals surface area contributed by atoms with E-state index in [4.69, 9.17) is 0 Å². The second-order valence-electron chi connectivity index (χ2n) is 5.87. The Kier molecular flexibility index (Phi) is 4.73. The molecule has 0 aromatic rings. The molecule has 0 spiro atoms. The van der Waals surface area contributed by atoms with Gasteiger partial charge in [0, 0.05) is 12.8 Å². The quantitative estimate of drug-likeness (QED) is 0.761. The molecule has 0 unspecified atom stereocenters. The summed E-state index contributed by atoms with van der Waals surface area (Å²) < 4.78 is 0. The predicted molar refractivity (Wildman–Crippen MR) is 76.9 cm³/mol. The van der Waals surface area contributed by atoms with Crippen LogP contribution in [0.1, 0.15) is 65.2 Å². The maximum atomic E-state index is 11.9. The van der Waals surface area contributed by atoms with Crippen LogP contribution in [0, 0.1) is 5.92 Å². The molecule has 19 heavy (non-hydrogen) atoms. The molecular weight excluding hydrogens is 236 g/mol. The average Bonchev–Trinajstić information content (AvgIpc) is 2.73. The molecule has 0 bridgehead atoms. The topological polar surface area (TPSA) is 34.1 Å². The average molecular weight is 260 g/mol. The van der Waals surface area contributed by atoms with Gasteiger partial charge in [-0.1, -0.05) is 25.0 Å². The van der Waals surface area contributed by atoms with Gasteiger partial charge in [0.1, 0.15) is 5.78 Å². The number of hydrogen-bond acceptors (Lipinski definition) is 2. The van der Waals surface area contributed by atoms with E-state index >= 15 is 0 Å². The van der Waals surface area contributed by atoms with E-state index in [0.717, 1.165) is 31.3 Å². The summed E-state index contributed by atoms with van der Waals surface area (Å²) in [6, 6.07) is 0. The first kappa shape index (κ1) is 14.2. The molecule has 0 heterocycles. The summed E-state index contributed by atoms with van der Waals surface area (Å²) in [7, 11) is 0. The lowest BCUT2D eigenvalue weighted by molar-refractivity contribution is -0.119. The van der Waals surface area contributed by atoms with Gasteiger partial charge in [0.15, 0.2) is 5.78 Å². The number of carbonyl (C=O) groups is 2. The zero-order valence-electron chi connectivity index (χ0n) is 12.1. The van der Waals surface area contributed by atoms with Crippen LogP contribution < -0.4 is 0 Å². The van der Waals surface area contributed by atoms with Crippen molar-refractivity contribution in [3.8, 4) is 0 Å². The van der Waals surface area contributed by atoms with E-state index in [1.165, 1.54) is 24.0 Å². The second-order valence-corrected chi connectivity index (χ2v) is 5.87. The number of rotatable bonds is 4. The lowest BCUT2D eigenvalue weighted by Crippen LogP contribution is -2.11. The third kappa shape index (κ3) is 3.43. The molecule has 2 nitrogen and oxygen atoms in total. The smallest absolute Gasteiger partial charge is 0.156 e. The normalized spacial score (nSPS) is 26.5. The van der Waals surface area contributed by atoms with Gasteiger partial charge in [-0.25, -0.2) is 0 Å². The molecule has 2 aliphatic rings. The van der Waals surface area contributed by atoms with Gasteiger partial charge in [0.2, 0.25) is 0 Å². The van der Waals surface area contributed by atoms with E-state index in [-0.39, 0.29) is 5.78 Å². The van der Waals surface area contributed by atoms with E-state index in [1.54, 1.807) is 6.92 Å². The highest BCUT2D eigenvalue weighted by Gasteiger charge is 2.29. The van der Waals surface area contributed by atoms with Gasteiger partial charge in [0.05, 0.1) is 0 Å². The van der Waals surface area contributed by atoms with Gasteiger partial charge in [-0.3, -0.25) is 9.59 Å². The molecule has 0 aromatic carbocycles. The lowest BCUT2D eigenvalue weighted by Gasteiger charge is -2.18. The van der Waals surface area contributed by atoms with Crippen molar-refractivity contribution in [2.75, 3.05) is 0 Å². The Labute approximate surface area is 116 Å². The van der Waals surface area contributed by atoms with Crippen molar-refractivity contribution in [3.63, 3.8) is 0 Å². The van der Waals surface area contributed by atoms with E-state index < -0.39 is 0 Å². The van der Waals surface area contributed by atoms with Crippen molar-refractivity contribution in [2.24, 2.45) is 5.92 Å². The number of ketones is 2.